The number of nitrogens with zero attached hydrogens (tertiary/aromatic N) is 5. The molecule has 5 rings (SSSR count). The second-order valence-electron chi connectivity index (χ2n) is 7.69. The molecule has 0 unspecified atom stereocenters. The number of nitrogens with one attached hydrogen (secondary N) is 1. The molecule has 3 aromatic heterocycles. The molecule has 0 atom stereocenters. The summed E-state index contributed by atoms with van der Waals surface area (Å²) in [4.78, 5) is 25.3. The molecule has 0 radical (unpaired) electrons. The van der Waals surface area contributed by atoms with Crippen molar-refractivity contribution in [2.24, 2.45) is 0 Å². The van der Waals surface area contributed by atoms with Crippen LogP contribution in [0.4, 0.5) is 0 Å². The molecule has 150 valence electrons. The Morgan fingerprint density at radius 3 is 2.77 bits per heavy atom. The molecule has 1 fully saturated rings. The number of hydrogen-bond donors (Lipinski definition) is 1. The maximum Gasteiger partial charge on any atom is 0.251 e. The lowest BCUT2D eigenvalue weighted by molar-refractivity contribution is 0.0922. The number of benzene rings is 1. The summed E-state index contributed by atoms with van der Waals surface area (Å²) in [5.41, 5.74) is 3.45. The summed E-state index contributed by atoms with van der Waals surface area (Å²) >= 11 is 0. The van der Waals surface area contributed by atoms with Crippen molar-refractivity contribution in [2.45, 2.75) is 37.8 Å². The summed E-state index contributed by atoms with van der Waals surface area (Å²) in [5.74, 6) is -0.0191. The van der Waals surface area contributed by atoms with Gasteiger partial charge in [-0.1, -0.05) is 6.07 Å². The second kappa shape index (κ2) is 8.02. The zero-order chi connectivity index (χ0) is 20.3. The van der Waals surface area contributed by atoms with Crippen LogP contribution >= 0.6 is 0 Å². The maximum atomic E-state index is 12.7. The first-order valence-corrected chi connectivity index (χ1v) is 10.2. The molecule has 7 nitrogen and oxygen atoms in total. The van der Waals surface area contributed by atoms with Crippen molar-refractivity contribution >= 4 is 16.8 Å². The Kier molecular flexibility index (Phi) is 4.93. The number of fused-ring (bicyclic) bond motifs is 1. The molecule has 1 saturated carbocycles. The van der Waals surface area contributed by atoms with Crippen LogP contribution in [-0.2, 0) is 0 Å². The van der Waals surface area contributed by atoms with Gasteiger partial charge >= 0.3 is 0 Å². The van der Waals surface area contributed by atoms with Gasteiger partial charge in [0.05, 0.1) is 23.4 Å². The predicted molar refractivity (Wildman–Crippen MR) is 114 cm³/mol. The second-order valence-corrected chi connectivity index (χ2v) is 7.69. The van der Waals surface area contributed by atoms with Gasteiger partial charge in [0.1, 0.15) is 6.33 Å². The van der Waals surface area contributed by atoms with E-state index in [1.807, 2.05) is 47.3 Å². The molecule has 1 N–H and O–H groups in total. The van der Waals surface area contributed by atoms with Crippen molar-refractivity contribution in [3.63, 3.8) is 0 Å². The lowest BCUT2D eigenvalue weighted by Crippen LogP contribution is -2.38. The Hall–Kier alpha value is -3.61. The van der Waals surface area contributed by atoms with E-state index in [2.05, 4.69) is 31.6 Å². The number of pyridine rings is 1. The highest BCUT2D eigenvalue weighted by Gasteiger charge is 2.24. The van der Waals surface area contributed by atoms with Gasteiger partial charge in [-0.25, -0.2) is 9.97 Å². The summed E-state index contributed by atoms with van der Waals surface area (Å²) in [6, 6.07) is 11.9. The van der Waals surface area contributed by atoms with Gasteiger partial charge in [0.2, 0.25) is 0 Å². The third-order valence-corrected chi connectivity index (χ3v) is 5.75. The molecule has 1 aromatic carbocycles. The van der Waals surface area contributed by atoms with E-state index >= 15 is 0 Å². The average Bonchev–Trinajstić information content (AvgIpc) is 3.30. The summed E-state index contributed by atoms with van der Waals surface area (Å²) < 4.78 is 2.03. The van der Waals surface area contributed by atoms with Crippen LogP contribution < -0.4 is 5.32 Å². The van der Waals surface area contributed by atoms with E-state index in [-0.39, 0.29) is 11.9 Å². The van der Waals surface area contributed by atoms with Gasteiger partial charge in [0.25, 0.3) is 5.91 Å². The average molecular weight is 398 g/mol. The highest BCUT2D eigenvalue weighted by molar-refractivity contribution is 5.98. The summed E-state index contributed by atoms with van der Waals surface area (Å²) in [5, 5.41) is 8.72. The topological polar surface area (TPSA) is 85.6 Å². The zero-order valence-corrected chi connectivity index (χ0v) is 16.5. The van der Waals surface area contributed by atoms with Gasteiger partial charge in [-0.3, -0.25) is 14.5 Å². The summed E-state index contributed by atoms with van der Waals surface area (Å²) in [7, 11) is 0. The SMILES string of the molecule is O=C(NC1CCC(n2cc(-c3ccncn3)cn2)CC1)c1ccc2ncccc2c1. The van der Waals surface area contributed by atoms with E-state index in [0.717, 1.165) is 47.8 Å². The molecule has 1 aliphatic carbocycles. The van der Waals surface area contributed by atoms with Gasteiger partial charge in [-0.15, -0.1) is 0 Å². The Labute approximate surface area is 174 Å². The molecule has 1 amide bonds. The number of hydrogen-bond acceptors (Lipinski definition) is 5. The highest BCUT2D eigenvalue weighted by Crippen LogP contribution is 2.29. The van der Waals surface area contributed by atoms with Crippen molar-refractivity contribution in [2.75, 3.05) is 0 Å². The maximum absolute atomic E-state index is 12.7. The number of amides is 1. The van der Waals surface area contributed by atoms with E-state index in [4.69, 9.17) is 0 Å². The molecule has 0 aliphatic heterocycles. The van der Waals surface area contributed by atoms with E-state index < -0.39 is 0 Å². The summed E-state index contributed by atoms with van der Waals surface area (Å²) in [6.45, 7) is 0. The predicted octanol–water partition coefficient (Wildman–Crippen LogP) is 3.80. The normalized spacial score (nSPS) is 18.9. The minimum Gasteiger partial charge on any atom is -0.349 e. The van der Waals surface area contributed by atoms with E-state index in [9.17, 15) is 4.79 Å². The van der Waals surface area contributed by atoms with Crippen molar-refractivity contribution in [3.05, 3.63) is 73.1 Å². The molecule has 7 heteroatoms. The largest absolute Gasteiger partial charge is 0.349 e. The Morgan fingerprint density at radius 1 is 1.03 bits per heavy atom. The fourth-order valence-electron chi connectivity index (χ4n) is 4.10. The van der Waals surface area contributed by atoms with Gasteiger partial charge in [-0.2, -0.15) is 5.10 Å². The zero-order valence-electron chi connectivity index (χ0n) is 16.5. The molecule has 0 saturated heterocycles. The summed E-state index contributed by atoms with van der Waals surface area (Å²) in [6.07, 6.45) is 12.8. The molecular formula is C23H22N6O. The van der Waals surface area contributed by atoms with Crippen LogP contribution in [0.2, 0.25) is 0 Å². The molecule has 0 bridgehead atoms. The number of carbonyl (C=O) groups excluding carboxylic acids is 1. The first-order chi connectivity index (χ1) is 14.8. The van der Waals surface area contributed by atoms with Gasteiger partial charge in [-0.05, 0) is 56.0 Å². The van der Waals surface area contributed by atoms with E-state index in [0.29, 0.717) is 11.6 Å². The minimum absolute atomic E-state index is 0.0191. The van der Waals surface area contributed by atoms with E-state index in [1.165, 1.54) is 0 Å². The number of aromatic nitrogens is 5. The van der Waals surface area contributed by atoms with Gasteiger partial charge in [0, 0.05) is 41.1 Å². The standard InChI is InChI=1S/C23H22N6O/c30-23(17-3-8-21-16(12-17)2-1-10-25-21)28-19-4-6-20(7-5-19)29-14-18(13-27-29)22-9-11-24-15-26-22/h1-3,8-15,19-20H,4-7H2,(H,28,30). The Morgan fingerprint density at radius 2 is 1.93 bits per heavy atom. The Balaban J connectivity index is 1.20. The molecule has 1 aliphatic rings. The molecule has 4 aromatic rings. The minimum atomic E-state index is -0.0191. The molecular weight excluding hydrogens is 376 g/mol. The van der Waals surface area contributed by atoms with Crippen LogP contribution in [0.15, 0.2) is 67.5 Å². The van der Waals surface area contributed by atoms with E-state index in [1.54, 1.807) is 18.7 Å². The van der Waals surface area contributed by atoms with Crippen molar-refractivity contribution in [1.82, 2.24) is 30.0 Å². The van der Waals surface area contributed by atoms with Crippen LogP contribution in [-0.4, -0.2) is 36.7 Å². The lowest BCUT2D eigenvalue weighted by atomic mass is 9.91. The first kappa shape index (κ1) is 18.4. The van der Waals surface area contributed by atoms with Crippen molar-refractivity contribution < 1.29 is 4.79 Å². The highest BCUT2D eigenvalue weighted by atomic mass is 16.1. The number of rotatable bonds is 4. The third-order valence-electron chi connectivity index (χ3n) is 5.75. The third kappa shape index (κ3) is 3.78. The van der Waals surface area contributed by atoms with Crippen molar-refractivity contribution in [3.8, 4) is 11.3 Å². The number of carbonyl (C=O) groups is 1. The first-order valence-electron chi connectivity index (χ1n) is 10.2. The Bertz CT molecular complexity index is 1160. The van der Waals surface area contributed by atoms with Crippen LogP contribution in [0.25, 0.3) is 22.2 Å². The lowest BCUT2D eigenvalue weighted by Gasteiger charge is -2.29. The van der Waals surface area contributed by atoms with Gasteiger partial charge in [0.15, 0.2) is 0 Å². The van der Waals surface area contributed by atoms with Crippen LogP contribution in [0.5, 0.6) is 0 Å². The fraction of sp³-hybridized carbons (Fsp3) is 0.261. The van der Waals surface area contributed by atoms with Crippen LogP contribution in [0.3, 0.4) is 0 Å². The van der Waals surface area contributed by atoms with Crippen LogP contribution in [0.1, 0.15) is 42.1 Å². The molecule has 30 heavy (non-hydrogen) atoms. The molecule has 3 heterocycles. The smallest absolute Gasteiger partial charge is 0.251 e. The fourth-order valence-corrected chi connectivity index (χ4v) is 4.10. The molecule has 0 spiro atoms. The monoisotopic (exact) mass is 398 g/mol. The van der Waals surface area contributed by atoms with Crippen LogP contribution in [0, 0.1) is 0 Å². The van der Waals surface area contributed by atoms with Gasteiger partial charge < -0.3 is 5.32 Å². The van der Waals surface area contributed by atoms with Crippen molar-refractivity contribution in [1.29, 1.82) is 0 Å². The quantitative estimate of drug-likeness (QED) is 0.565.